The zero-order chi connectivity index (χ0) is 11.8. The Morgan fingerprint density at radius 2 is 2.25 bits per heavy atom. The second-order valence-corrected chi connectivity index (χ2v) is 3.80. The van der Waals surface area contributed by atoms with E-state index in [9.17, 15) is 0 Å². The third-order valence-electron chi connectivity index (χ3n) is 1.96. The molecule has 0 aromatic carbocycles. The zero-order valence-corrected chi connectivity index (χ0v) is 10.2. The maximum atomic E-state index is 5.60. The average Bonchev–Trinajstić information content (AvgIpc) is 2.26. The van der Waals surface area contributed by atoms with Crippen molar-refractivity contribution in [2.24, 2.45) is 0 Å². The number of rotatable bonds is 7. The summed E-state index contributed by atoms with van der Waals surface area (Å²) in [4.78, 5) is 4.20. The second-order valence-electron chi connectivity index (χ2n) is 3.80. The van der Waals surface area contributed by atoms with E-state index in [0.29, 0.717) is 5.88 Å². The molecule has 90 valence electrons. The molecule has 1 rings (SSSR count). The number of methoxy groups -OCH3 is 1. The van der Waals surface area contributed by atoms with Gasteiger partial charge in [-0.15, -0.1) is 0 Å². The lowest BCUT2D eigenvalue weighted by Gasteiger charge is -2.13. The normalized spacial score (nSPS) is 10.5. The molecule has 0 radical (unpaired) electrons. The van der Waals surface area contributed by atoms with Gasteiger partial charge < -0.3 is 14.8 Å². The SMILES string of the molecule is COCCCNc1cccnc1OC(C)C. The van der Waals surface area contributed by atoms with Crippen LogP contribution in [0.3, 0.4) is 0 Å². The van der Waals surface area contributed by atoms with E-state index in [4.69, 9.17) is 9.47 Å². The van der Waals surface area contributed by atoms with Crippen molar-refractivity contribution in [3.05, 3.63) is 18.3 Å². The van der Waals surface area contributed by atoms with Gasteiger partial charge in [0.2, 0.25) is 5.88 Å². The summed E-state index contributed by atoms with van der Waals surface area (Å²) >= 11 is 0. The molecular formula is C12H20N2O2. The molecule has 0 spiro atoms. The van der Waals surface area contributed by atoms with Gasteiger partial charge in [-0.25, -0.2) is 4.98 Å². The van der Waals surface area contributed by atoms with Gasteiger partial charge in [0.05, 0.1) is 11.8 Å². The Morgan fingerprint density at radius 3 is 2.94 bits per heavy atom. The lowest BCUT2D eigenvalue weighted by molar-refractivity contribution is 0.197. The van der Waals surface area contributed by atoms with Gasteiger partial charge in [0, 0.05) is 26.5 Å². The smallest absolute Gasteiger partial charge is 0.237 e. The van der Waals surface area contributed by atoms with Crippen molar-refractivity contribution < 1.29 is 9.47 Å². The van der Waals surface area contributed by atoms with E-state index in [-0.39, 0.29) is 6.10 Å². The lowest BCUT2D eigenvalue weighted by Crippen LogP contribution is -2.11. The maximum absolute atomic E-state index is 5.60. The average molecular weight is 224 g/mol. The second kappa shape index (κ2) is 7.06. The largest absolute Gasteiger partial charge is 0.473 e. The summed E-state index contributed by atoms with van der Waals surface area (Å²) in [5.74, 6) is 0.662. The van der Waals surface area contributed by atoms with Crippen LogP contribution in [0.4, 0.5) is 5.69 Å². The Bertz CT molecular complexity index is 303. The molecule has 16 heavy (non-hydrogen) atoms. The fraction of sp³-hybridized carbons (Fsp3) is 0.583. The van der Waals surface area contributed by atoms with Crippen molar-refractivity contribution in [1.29, 1.82) is 0 Å². The van der Waals surface area contributed by atoms with Crippen molar-refractivity contribution in [1.82, 2.24) is 4.98 Å². The molecule has 0 aliphatic carbocycles. The van der Waals surface area contributed by atoms with E-state index in [1.165, 1.54) is 0 Å². The monoisotopic (exact) mass is 224 g/mol. The van der Waals surface area contributed by atoms with Crippen LogP contribution in [0.25, 0.3) is 0 Å². The minimum Gasteiger partial charge on any atom is -0.473 e. The van der Waals surface area contributed by atoms with Crippen LogP contribution in [0.15, 0.2) is 18.3 Å². The maximum Gasteiger partial charge on any atom is 0.237 e. The summed E-state index contributed by atoms with van der Waals surface area (Å²) in [5.41, 5.74) is 0.937. The standard InChI is InChI=1S/C12H20N2O2/c1-10(2)16-12-11(6-4-7-14-12)13-8-5-9-15-3/h4,6-7,10,13H,5,8-9H2,1-3H3. The Hall–Kier alpha value is -1.29. The fourth-order valence-electron chi connectivity index (χ4n) is 1.28. The molecule has 1 N–H and O–H groups in total. The highest BCUT2D eigenvalue weighted by molar-refractivity contribution is 5.51. The van der Waals surface area contributed by atoms with E-state index in [2.05, 4.69) is 10.3 Å². The fourth-order valence-corrected chi connectivity index (χ4v) is 1.28. The molecule has 0 unspecified atom stereocenters. The van der Waals surface area contributed by atoms with Gasteiger partial charge in [0.1, 0.15) is 0 Å². The lowest BCUT2D eigenvalue weighted by atomic mass is 10.3. The van der Waals surface area contributed by atoms with Crippen LogP contribution in [0.1, 0.15) is 20.3 Å². The van der Waals surface area contributed by atoms with Crippen molar-refractivity contribution in [2.45, 2.75) is 26.4 Å². The quantitative estimate of drug-likeness (QED) is 0.722. The third kappa shape index (κ3) is 4.49. The van der Waals surface area contributed by atoms with Gasteiger partial charge in [0.25, 0.3) is 0 Å². The van der Waals surface area contributed by atoms with Gasteiger partial charge >= 0.3 is 0 Å². The summed E-state index contributed by atoms with van der Waals surface area (Å²) in [6.07, 6.45) is 2.83. The molecule has 1 aromatic heterocycles. The highest BCUT2D eigenvalue weighted by Gasteiger charge is 2.05. The van der Waals surface area contributed by atoms with Crippen molar-refractivity contribution >= 4 is 5.69 Å². The van der Waals surface area contributed by atoms with Crippen LogP contribution in [0.5, 0.6) is 5.88 Å². The number of nitrogens with zero attached hydrogens (tertiary/aromatic N) is 1. The first-order chi connectivity index (χ1) is 7.74. The van der Waals surface area contributed by atoms with Crippen LogP contribution < -0.4 is 10.1 Å². The van der Waals surface area contributed by atoms with Crippen molar-refractivity contribution in [2.75, 3.05) is 25.6 Å². The van der Waals surface area contributed by atoms with Gasteiger partial charge in [-0.3, -0.25) is 0 Å². The number of anilines is 1. The molecule has 1 aromatic rings. The van der Waals surface area contributed by atoms with E-state index >= 15 is 0 Å². The van der Waals surface area contributed by atoms with Crippen molar-refractivity contribution in [3.8, 4) is 5.88 Å². The van der Waals surface area contributed by atoms with Gasteiger partial charge in [-0.1, -0.05) is 0 Å². The topological polar surface area (TPSA) is 43.4 Å². The number of hydrogen-bond acceptors (Lipinski definition) is 4. The summed E-state index contributed by atoms with van der Waals surface area (Å²) in [6, 6.07) is 3.86. The van der Waals surface area contributed by atoms with Crippen LogP contribution in [-0.4, -0.2) is 31.3 Å². The summed E-state index contributed by atoms with van der Waals surface area (Å²) in [5, 5.41) is 3.29. The molecule has 1 heterocycles. The van der Waals surface area contributed by atoms with Gasteiger partial charge in [0.15, 0.2) is 0 Å². The predicted octanol–water partition coefficient (Wildman–Crippen LogP) is 2.32. The Balaban J connectivity index is 2.50. The Kier molecular flexibility index (Phi) is 5.64. The van der Waals surface area contributed by atoms with Crippen molar-refractivity contribution in [3.63, 3.8) is 0 Å². The highest BCUT2D eigenvalue weighted by atomic mass is 16.5. The number of aromatic nitrogens is 1. The van der Waals surface area contributed by atoms with Crippen LogP contribution in [-0.2, 0) is 4.74 Å². The minimum absolute atomic E-state index is 0.134. The first-order valence-corrected chi connectivity index (χ1v) is 5.58. The van der Waals surface area contributed by atoms with Gasteiger partial charge in [-0.05, 0) is 32.4 Å². The molecule has 0 aliphatic rings. The molecule has 0 fully saturated rings. The zero-order valence-electron chi connectivity index (χ0n) is 10.2. The Morgan fingerprint density at radius 1 is 1.44 bits per heavy atom. The molecule has 4 heteroatoms. The minimum atomic E-state index is 0.134. The highest BCUT2D eigenvalue weighted by Crippen LogP contribution is 2.21. The molecule has 0 aliphatic heterocycles. The molecule has 4 nitrogen and oxygen atoms in total. The molecule has 0 saturated carbocycles. The van der Waals surface area contributed by atoms with Crippen LogP contribution in [0, 0.1) is 0 Å². The molecule has 0 bridgehead atoms. The van der Waals surface area contributed by atoms with Crippen LogP contribution in [0.2, 0.25) is 0 Å². The van der Waals surface area contributed by atoms with E-state index in [0.717, 1.165) is 25.3 Å². The number of pyridine rings is 1. The van der Waals surface area contributed by atoms with Crippen LogP contribution >= 0.6 is 0 Å². The molecule has 0 atom stereocenters. The number of hydrogen-bond donors (Lipinski definition) is 1. The number of nitrogens with one attached hydrogen (secondary N) is 1. The Labute approximate surface area is 97.0 Å². The molecular weight excluding hydrogens is 204 g/mol. The first kappa shape index (κ1) is 12.8. The first-order valence-electron chi connectivity index (χ1n) is 5.58. The molecule has 0 amide bonds. The van der Waals surface area contributed by atoms with E-state index < -0.39 is 0 Å². The summed E-state index contributed by atoms with van der Waals surface area (Å²) < 4.78 is 10.6. The predicted molar refractivity (Wildman–Crippen MR) is 65.0 cm³/mol. The van der Waals surface area contributed by atoms with E-state index in [1.807, 2.05) is 26.0 Å². The number of ether oxygens (including phenoxy) is 2. The van der Waals surface area contributed by atoms with Gasteiger partial charge in [-0.2, -0.15) is 0 Å². The summed E-state index contributed by atoms with van der Waals surface area (Å²) in [6.45, 7) is 5.59. The summed E-state index contributed by atoms with van der Waals surface area (Å²) in [7, 11) is 1.71. The third-order valence-corrected chi connectivity index (χ3v) is 1.96. The molecule has 0 saturated heterocycles. The van der Waals surface area contributed by atoms with E-state index in [1.54, 1.807) is 13.3 Å².